The monoisotopic (exact) mass is 504 g/mol. The number of rotatable bonds is 8. The van der Waals surface area contributed by atoms with Gasteiger partial charge in [-0.1, -0.05) is 60.7 Å². The van der Waals surface area contributed by atoms with Crippen LogP contribution in [0.4, 0.5) is 0 Å². The summed E-state index contributed by atoms with van der Waals surface area (Å²) in [5.74, 6) is -0.350. The van der Waals surface area contributed by atoms with Crippen molar-refractivity contribution in [2.24, 2.45) is 11.1 Å². The fourth-order valence-electron chi connectivity index (χ4n) is 5.88. The largest absolute Gasteiger partial charge is 0.345 e. The van der Waals surface area contributed by atoms with Crippen LogP contribution in [0.5, 0.6) is 0 Å². The van der Waals surface area contributed by atoms with Crippen molar-refractivity contribution in [3.63, 3.8) is 0 Å². The van der Waals surface area contributed by atoms with Gasteiger partial charge in [0.25, 0.3) is 0 Å². The average molecular weight is 505 g/mol. The van der Waals surface area contributed by atoms with Crippen LogP contribution in [0.2, 0.25) is 0 Å². The Bertz CT molecular complexity index is 1100. The summed E-state index contributed by atoms with van der Waals surface area (Å²) in [6.45, 7) is 4.87. The third-order valence-electron chi connectivity index (χ3n) is 7.92. The molecule has 2 heterocycles. The highest BCUT2D eigenvalue weighted by molar-refractivity contribution is 5.92. The average Bonchev–Trinajstić information content (AvgIpc) is 3.13. The van der Waals surface area contributed by atoms with Gasteiger partial charge in [0.2, 0.25) is 17.7 Å². The van der Waals surface area contributed by atoms with Gasteiger partial charge in [-0.05, 0) is 57.1 Å². The fraction of sp³-hybridized carbons (Fsp3) is 0.500. The van der Waals surface area contributed by atoms with E-state index in [2.05, 4.69) is 29.6 Å². The number of aryl methyl sites for hydroxylation is 1. The van der Waals surface area contributed by atoms with Crippen LogP contribution in [-0.2, 0) is 20.8 Å². The van der Waals surface area contributed by atoms with Crippen LogP contribution in [0.15, 0.2) is 60.7 Å². The number of hydrogen-bond acceptors (Lipinski definition) is 4. The molecule has 0 aromatic heterocycles. The van der Waals surface area contributed by atoms with Gasteiger partial charge in [-0.3, -0.25) is 14.4 Å². The smallest absolute Gasteiger partial charge is 0.245 e. The Morgan fingerprint density at radius 1 is 1.11 bits per heavy atom. The van der Waals surface area contributed by atoms with E-state index in [9.17, 15) is 14.4 Å². The maximum Gasteiger partial charge on any atom is 0.245 e. The van der Waals surface area contributed by atoms with E-state index in [4.69, 9.17) is 5.73 Å². The Morgan fingerprint density at radius 3 is 2.41 bits per heavy atom. The van der Waals surface area contributed by atoms with Crippen LogP contribution in [-0.4, -0.2) is 65.8 Å². The zero-order chi connectivity index (χ0) is 26.6. The summed E-state index contributed by atoms with van der Waals surface area (Å²) < 4.78 is 0. The Labute approximate surface area is 220 Å². The normalized spacial score (nSPS) is 22.8. The quantitative estimate of drug-likeness (QED) is 0.578. The van der Waals surface area contributed by atoms with Crippen LogP contribution in [0.25, 0.3) is 0 Å². The van der Waals surface area contributed by atoms with E-state index in [-0.39, 0.29) is 23.6 Å². The first-order valence-electron chi connectivity index (χ1n) is 13.3. The van der Waals surface area contributed by atoms with Gasteiger partial charge in [0.05, 0.1) is 11.0 Å². The summed E-state index contributed by atoms with van der Waals surface area (Å²) in [7, 11) is 1.85. The number of piperidine rings is 1. The topological polar surface area (TPSA) is 95.7 Å². The van der Waals surface area contributed by atoms with Crippen molar-refractivity contribution in [1.82, 2.24) is 15.1 Å². The van der Waals surface area contributed by atoms with Crippen molar-refractivity contribution in [1.29, 1.82) is 0 Å². The second kappa shape index (κ2) is 11.1. The molecular weight excluding hydrogens is 464 g/mol. The highest BCUT2D eigenvalue weighted by Gasteiger charge is 2.55. The number of nitrogens with two attached hydrogens (primary N) is 1. The van der Waals surface area contributed by atoms with E-state index in [1.54, 1.807) is 13.8 Å². The molecule has 3 N–H and O–H groups in total. The molecule has 3 atom stereocenters. The second-order valence-electron chi connectivity index (χ2n) is 11.3. The van der Waals surface area contributed by atoms with Crippen LogP contribution < -0.4 is 11.1 Å². The molecule has 2 saturated heterocycles. The number of likely N-dealkylation sites (tertiary alicyclic amines) is 2. The van der Waals surface area contributed by atoms with E-state index in [1.807, 2.05) is 53.2 Å². The lowest BCUT2D eigenvalue weighted by molar-refractivity contribution is -0.146. The first kappa shape index (κ1) is 26.9. The molecule has 7 heteroatoms. The molecule has 0 bridgehead atoms. The first-order chi connectivity index (χ1) is 17.6. The minimum absolute atomic E-state index is 0.0240. The summed E-state index contributed by atoms with van der Waals surface area (Å²) in [5, 5.41) is 2.93. The SMILES string of the molecule is CN1CC(c2ccccc2)C2(CCCN(C(=O)[C@@H](CCCc3ccccc3)NC(=O)C(C)(C)N)C2)C1=O. The Hall–Kier alpha value is -3.19. The molecule has 2 aliphatic heterocycles. The number of nitrogens with zero attached hydrogens (tertiary/aromatic N) is 2. The Balaban J connectivity index is 1.54. The molecule has 1 spiro atoms. The van der Waals surface area contributed by atoms with Gasteiger partial charge in [0.1, 0.15) is 6.04 Å². The number of nitrogens with one attached hydrogen (secondary N) is 1. The zero-order valence-electron chi connectivity index (χ0n) is 22.3. The van der Waals surface area contributed by atoms with Crippen LogP contribution in [0, 0.1) is 5.41 Å². The number of carbonyl (C=O) groups excluding carboxylic acids is 3. The van der Waals surface area contributed by atoms with E-state index < -0.39 is 17.0 Å². The second-order valence-corrected chi connectivity index (χ2v) is 11.3. The van der Waals surface area contributed by atoms with Crippen molar-refractivity contribution in [2.45, 2.75) is 63.5 Å². The molecule has 0 saturated carbocycles. The Kier molecular flexibility index (Phi) is 8.02. The zero-order valence-corrected chi connectivity index (χ0v) is 22.3. The van der Waals surface area contributed by atoms with Crippen molar-refractivity contribution >= 4 is 17.7 Å². The number of benzene rings is 2. The predicted molar refractivity (Wildman–Crippen MR) is 145 cm³/mol. The van der Waals surface area contributed by atoms with E-state index >= 15 is 0 Å². The van der Waals surface area contributed by atoms with E-state index in [1.165, 1.54) is 5.56 Å². The van der Waals surface area contributed by atoms with E-state index in [0.29, 0.717) is 26.1 Å². The molecule has 4 rings (SSSR count). The van der Waals surface area contributed by atoms with Gasteiger partial charge in [-0.2, -0.15) is 0 Å². The molecule has 0 aliphatic carbocycles. The third kappa shape index (κ3) is 5.87. The predicted octanol–water partition coefficient (Wildman–Crippen LogP) is 3.10. The van der Waals surface area contributed by atoms with E-state index in [0.717, 1.165) is 31.2 Å². The molecule has 3 amide bonds. The van der Waals surface area contributed by atoms with Gasteiger partial charge in [0, 0.05) is 32.6 Å². The summed E-state index contributed by atoms with van der Waals surface area (Å²) in [4.78, 5) is 43.9. The van der Waals surface area contributed by atoms with Gasteiger partial charge in [0.15, 0.2) is 0 Å². The van der Waals surface area contributed by atoms with Crippen molar-refractivity contribution < 1.29 is 14.4 Å². The van der Waals surface area contributed by atoms with Gasteiger partial charge in [-0.25, -0.2) is 0 Å². The first-order valence-corrected chi connectivity index (χ1v) is 13.3. The molecule has 2 fully saturated rings. The maximum absolute atomic E-state index is 13.9. The van der Waals surface area contributed by atoms with Gasteiger partial charge in [-0.15, -0.1) is 0 Å². The molecule has 2 aliphatic rings. The van der Waals surface area contributed by atoms with Crippen LogP contribution in [0.3, 0.4) is 0 Å². The third-order valence-corrected chi connectivity index (χ3v) is 7.92. The van der Waals surface area contributed by atoms with Crippen molar-refractivity contribution in [3.05, 3.63) is 71.8 Å². The lowest BCUT2D eigenvalue weighted by Crippen LogP contribution is -2.59. The molecule has 198 valence electrons. The number of amides is 3. The lowest BCUT2D eigenvalue weighted by Gasteiger charge is -2.43. The van der Waals surface area contributed by atoms with Crippen molar-refractivity contribution in [3.8, 4) is 0 Å². The van der Waals surface area contributed by atoms with Crippen molar-refractivity contribution in [2.75, 3.05) is 26.7 Å². The fourth-order valence-corrected chi connectivity index (χ4v) is 5.88. The van der Waals surface area contributed by atoms with Crippen LogP contribution in [0.1, 0.15) is 56.6 Å². The lowest BCUT2D eigenvalue weighted by atomic mass is 9.69. The highest BCUT2D eigenvalue weighted by atomic mass is 16.2. The number of carbonyl (C=O) groups is 3. The number of likely N-dealkylation sites (N-methyl/N-ethyl adjacent to an activating group) is 1. The van der Waals surface area contributed by atoms with Gasteiger partial charge < -0.3 is 20.9 Å². The Morgan fingerprint density at radius 2 is 1.76 bits per heavy atom. The molecule has 7 nitrogen and oxygen atoms in total. The summed E-state index contributed by atoms with van der Waals surface area (Å²) >= 11 is 0. The number of hydrogen-bond donors (Lipinski definition) is 2. The molecule has 2 unspecified atom stereocenters. The summed E-state index contributed by atoms with van der Waals surface area (Å²) in [6.07, 6.45) is 3.58. The molecule has 2 aromatic rings. The standard InChI is InChI=1S/C30H40N4O3/c1-29(2,31)27(36)32-25(17-10-14-22-12-6-4-7-13-22)26(35)34-19-11-18-30(21-34)24(20-33(3)28(30)37)23-15-8-5-9-16-23/h4-9,12-13,15-16,24-25H,10-11,14,17-21,31H2,1-3H3,(H,32,36)/t24?,25-,30?/m1/s1. The minimum Gasteiger partial charge on any atom is -0.345 e. The summed E-state index contributed by atoms with van der Waals surface area (Å²) in [6, 6.07) is 19.6. The molecular formula is C30H40N4O3. The molecule has 0 radical (unpaired) electrons. The van der Waals surface area contributed by atoms with Crippen LogP contribution >= 0.6 is 0 Å². The summed E-state index contributed by atoms with van der Waals surface area (Å²) in [5.41, 5.74) is 6.64. The molecule has 2 aromatic carbocycles. The van der Waals surface area contributed by atoms with Gasteiger partial charge >= 0.3 is 0 Å². The minimum atomic E-state index is -1.09. The highest BCUT2D eigenvalue weighted by Crippen LogP contribution is 2.49. The molecule has 37 heavy (non-hydrogen) atoms. The maximum atomic E-state index is 13.9.